The number of aromatic nitrogens is 1. The highest BCUT2D eigenvalue weighted by atomic mass is 79.9. The quantitative estimate of drug-likeness (QED) is 0.746. The molecule has 1 unspecified atom stereocenters. The van der Waals surface area contributed by atoms with Crippen LogP contribution in [0.4, 0.5) is 0 Å². The van der Waals surface area contributed by atoms with E-state index in [1.54, 1.807) is 11.3 Å². The molecular weight excluding hydrogens is 306 g/mol. The van der Waals surface area contributed by atoms with Gasteiger partial charge in [-0.15, -0.1) is 22.9 Å². The third kappa shape index (κ3) is 2.84. The van der Waals surface area contributed by atoms with Gasteiger partial charge in [0.15, 0.2) is 0 Å². The maximum absolute atomic E-state index is 6.37. The molecule has 0 amide bonds. The second-order valence-electron chi connectivity index (χ2n) is 3.62. The van der Waals surface area contributed by atoms with Crippen molar-refractivity contribution in [1.82, 2.24) is 4.98 Å². The van der Waals surface area contributed by atoms with E-state index in [0.29, 0.717) is 0 Å². The van der Waals surface area contributed by atoms with E-state index < -0.39 is 0 Å². The van der Waals surface area contributed by atoms with E-state index in [1.165, 1.54) is 5.56 Å². The lowest BCUT2D eigenvalue weighted by molar-refractivity contribution is 0.873. The molecular formula is C12H11BrClNS. The lowest BCUT2D eigenvalue weighted by Crippen LogP contribution is -1.99. The van der Waals surface area contributed by atoms with Gasteiger partial charge >= 0.3 is 0 Å². The van der Waals surface area contributed by atoms with Crippen LogP contribution in [0.15, 0.2) is 33.6 Å². The van der Waals surface area contributed by atoms with Crippen LogP contribution in [-0.2, 0) is 6.42 Å². The number of rotatable bonds is 3. The average molecular weight is 317 g/mol. The van der Waals surface area contributed by atoms with Crippen molar-refractivity contribution in [3.8, 4) is 0 Å². The Morgan fingerprint density at radius 2 is 2.38 bits per heavy atom. The van der Waals surface area contributed by atoms with Crippen LogP contribution in [0.3, 0.4) is 0 Å². The Labute approximate surface area is 113 Å². The molecule has 1 atom stereocenters. The third-order valence-electron chi connectivity index (χ3n) is 2.44. The van der Waals surface area contributed by atoms with E-state index in [2.05, 4.69) is 45.4 Å². The Bertz CT molecular complexity index is 483. The van der Waals surface area contributed by atoms with Crippen molar-refractivity contribution in [2.24, 2.45) is 0 Å². The van der Waals surface area contributed by atoms with Crippen molar-refractivity contribution in [3.63, 3.8) is 0 Å². The number of halogens is 2. The fourth-order valence-corrected chi connectivity index (χ4v) is 3.08. The Hall–Kier alpha value is -0.380. The molecule has 0 aliphatic carbocycles. The molecule has 0 radical (unpaired) electrons. The highest BCUT2D eigenvalue weighted by Gasteiger charge is 2.12. The van der Waals surface area contributed by atoms with Crippen LogP contribution in [0.1, 0.15) is 22.2 Å². The van der Waals surface area contributed by atoms with E-state index in [-0.39, 0.29) is 5.38 Å². The van der Waals surface area contributed by atoms with Crippen molar-refractivity contribution in [2.45, 2.75) is 18.7 Å². The molecule has 0 aliphatic rings. The SMILES string of the molecule is Cc1cccnc1CC(Cl)c1csc(Br)c1. The highest BCUT2D eigenvalue weighted by Crippen LogP contribution is 2.31. The highest BCUT2D eigenvalue weighted by molar-refractivity contribution is 9.11. The molecule has 0 aromatic carbocycles. The molecule has 2 aromatic heterocycles. The predicted octanol–water partition coefficient (Wildman–Crippen LogP) is 4.74. The normalized spacial score (nSPS) is 12.7. The number of hydrogen-bond acceptors (Lipinski definition) is 2. The maximum atomic E-state index is 6.37. The Morgan fingerprint density at radius 1 is 1.56 bits per heavy atom. The van der Waals surface area contributed by atoms with Gasteiger partial charge in [0.2, 0.25) is 0 Å². The lowest BCUT2D eigenvalue weighted by atomic mass is 10.1. The van der Waals surface area contributed by atoms with Gasteiger partial charge in [-0.1, -0.05) is 6.07 Å². The Balaban J connectivity index is 2.13. The Morgan fingerprint density at radius 3 is 3.00 bits per heavy atom. The van der Waals surface area contributed by atoms with E-state index >= 15 is 0 Å². The predicted molar refractivity (Wildman–Crippen MR) is 73.3 cm³/mol. The van der Waals surface area contributed by atoms with Crippen molar-refractivity contribution < 1.29 is 0 Å². The van der Waals surface area contributed by atoms with Gasteiger partial charge in [0.25, 0.3) is 0 Å². The summed E-state index contributed by atoms with van der Waals surface area (Å²) >= 11 is 11.5. The molecule has 0 spiro atoms. The standard InChI is InChI=1S/C12H11BrClNS/c1-8-3-2-4-15-11(8)6-10(14)9-5-12(13)16-7-9/h2-5,7,10H,6H2,1H3. The molecule has 0 saturated carbocycles. The second kappa shape index (κ2) is 5.30. The molecule has 0 saturated heterocycles. The van der Waals surface area contributed by atoms with Crippen LogP contribution in [-0.4, -0.2) is 4.98 Å². The molecule has 2 rings (SSSR count). The monoisotopic (exact) mass is 315 g/mol. The summed E-state index contributed by atoms with van der Waals surface area (Å²) in [6.07, 6.45) is 2.59. The maximum Gasteiger partial charge on any atom is 0.0701 e. The topological polar surface area (TPSA) is 12.9 Å². The van der Waals surface area contributed by atoms with Gasteiger partial charge in [-0.2, -0.15) is 0 Å². The zero-order chi connectivity index (χ0) is 11.5. The Kier molecular flexibility index (Phi) is 4.00. The van der Waals surface area contributed by atoms with Crippen LogP contribution >= 0.6 is 38.9 Å². The molecule has 0 bridgehead atoms. The zero-order valence-corrected chi connectivity index (χ0v) is 11.9. The summed E-state index contributed by atoms with van der Waals surface area (Å²) in [6.45, 7) is 2.06. The average Bonchev–Trinajstić information content (AvgIpc) is 2.68. The minimum absolute atomic E-state index is 0.00356. The van der Waals surface area contributed by atoms with Gasteiger partial charge in [0.05, 0.1) is 9.16 Å². The van der Waals surface area contributed by atoms with Gasteiger partial charge in [0.1, 0.15) is 0 Å². The summed E-state index contributed by atoms with van der Waals surface area (Å²) in [5, 5.41) is 2.08. The molecule has 0 aliphatic heterocycles. The third-order valence-corrected chi connectivity index (χ3v) is 4.37. The number of thiophene rings is 1. The molecule has 4 heteroatoms. The molecule has 1 nitrogen and oxygen atoms in total. The molecule has 2 aromatic rings. The first-order chi connectivity index (χ1) is 7.66. The molecule has 0 N–H and O–H groups in total. The second-order valence-corrected chi connectivity index (χ2v) is 6.44. The summed E-state index contributed by atoms with van der Waals surface area (Å²) < 4.78 is 1.12. The lowest BCUT2D eigenvalue weighted by Gasteiger charge is -2.08. The summed E-state index contributed by atoms with van der Waals surface area (Å²) in [5.41, 5.74) is 3.43. The smallest absolute Gasteiger partial charge is 0.0701 e. The van der Waals surface area contributed by atoms with Crippen LogP contribution in [0.5, 0.6) is 0 Å². The van der Waals surface area contributed by atoms with Crippen molar-refractivity contribution in [1.29, 1.82) is 0 Å². The molecule has 16 heavy (non-hydrogen) atoms. The first-order valence-corrected chi connectivity index (χ1v) is 7.06. The van der Waals surface area contributed by atoms with Gasteiger partial charge < -0.3 is 0 Å². The van der Waals surface area contributed by atoms with Crippen LogP contribution in [0.2, 0.25) is 0 Å². The first-order valence-electron chi connectivity index (χ1n) is 4.95. The summed E-state index contributed by atoms with van der Waals surface area (Å²) in [6, 6.07) is 6.08. The molecule has 84 valence electrons. The number of pyridine rings is 1. The summed E-state index contributed by atoms with van der Waals surface area (Å²) in [4.78, 5) is 4.36. The minimum atomic E-state index is -0.00356. The fraction of sp³-hybridized carbons (Fsp3) is 0.250. The largest absolute Gasteiger partial charge is 0.261 e. The van der Waals surface area contributed by atoms with Crippen molar-refractivity contribution in [3.05, 3.63) is 50.4 Å². The van der Waals surface area contributed by atoms with E-state index in [0.717, 1.165) is 21.5 Å². The van der Waals surface area contributed by atoms with E-state index in [9.17, 15) is 0 Å². The van der Waals surface area contributed by atoms with Crippen molar-refractivity contribution >= 4 is 38.9 Å². The first kappa shape index (κ1) is 12.1. The van der Waals surface area contributed by atoms with Crippen LogP contribution in [0.25, 0.3) is 0 Å². The fourth-order valence-electron chi connectivity index (χ4n) is 1.51. The summed E-state index contributed by atoms with van der Waals surface area (Å²) in [7, 11) is 0. The number of nitrogens with zero attached hydrogens (tertiary/aromatic N) is 1. The number of hydrogen-bond donors (Lipinski definition) is 0. The van der Waals surface area contributed by atoms with E-state index in [1.807, 2.05) is 12.3 Å². The van der Waals surface area contributed by atoms with Crippen LogP contribution < -0.4 is 0 Å². The van der Waals surface area contributed by atoms with Crippen molar-refractivity contribution in [2.75, 3.05) is 0 Å². The van der Waals surface area contributed by atoms with Crippen LogP contribution in [0, 0.1) is 6.92 Å². The molecule has 2 heterocycles. The zero-order valence-electron chi connectivity index (χ0n) is 8.78. The number of alkyl halides is 1. The van der Waals surface area contributed by atoms with Gasteiger partial charge in [-0.05, 0) is 51.5 Å². The van der Waals surface area contributed by atoms with Gasteiger partial charge in [-0.3, -0.25) is 4.98 Å². The van der Waals surface area contributed by atoms with Gasteiger partial charge in [-0.25, -0.2) is 0 Å². The molecule has 0 fully saturated rings. The summed E-state index contributed by atoms with van der Waals surface area (Å²) in [5.74, 6) is 0. The van der Waals surface area contributed by atoms with E-state index in [4.69, 9.17) is 11.6 Å². The van der Waals surface area contributed by atoms with Gasteiger partial charge in [0, 0.05) is 18.3 Å². The number of aryl methyl sites for hydroxylation is 1. The minimum Gasteiger partial charge on any atom is -0.261 e.